The third-order valence-corrected chi connectivity index (χ3v) is 2.81. The van der Waals surface area contributed by atoms with Crippen molar-refractivity contribution in [3.8, 4) is 0 Å². The lowest BCUT2D eigenvalue weighted by molar-refractivity contribution is -0.137. The summed E-state index contributed by atoms with van der Waals surface area (Å²) in [5.41, 5.74) is 5.91. The van der Waals surface area contributed by atoms with Crippen LogP contribution in [0.15, 0.2) is 27.6 Å². The van der Waals surface area contributed by atoms with Gasteiger partial charge < -0.3 is 20.7 Å². The molecule has 0 fully saturated rings. The summed E-state index contributed by atoms with van der Waals surface area (Å²) in [6.45, 7) is 1.59. The fourth-order valence-electron chi connectivity index (χ4n) is 1.75. The number of aliphatic carboxylic acids is 1. The summed E-state index contributed by atoms with van der Waals surface area (Å²) < 4.78 is 4.85. The van der Waals surface area contributed by atoms with E-state index in [-0.39, 0.29) is 12.0 Å². The maximum absolute atomic E-state index is 11.5. The van der Waals surface area contributed by atoms with Crippen molar-refractivity contribution in [3.05, 3.63) is 40.0 Å². The second kappa shape index (κ2) is 5.47. The average Bonchev–Trinajstić information content (AvgIpc) is 2.69. The lowest BCUT2D eigenvalue weighted by Crippen LogP contribution is -2.33. The number of hydrogen-bond donors (Lipinski definition) is 4. The van der Waals surface area contributed by atoms with Gasteiger partial charge in [-0.2, -0.15) is 5.16 Å². The van der Waals surface area contributed by atoms with Crippen molar-refractivity contribution >= 4 is 17.5 Å². The van der Waals surface area contributed by atoms with Gasteiger partial charge in [0.25, 0.3) is 5.56 Å². The minimum atomic E-state index is -1.10. The standard InChI is InChI=1S/C12H14N4O4/c1-6-8(11(17)16-20-6)5-9(12(18)19)15-10-4-7(13)2-3-14-10/h2-4,9H,5H2,1H3,(H,16,17)(H,18,19)(H3,13,14,15). The topological polar surface area (TPSA) is 134 Å². The zero-order valence-electron chi connectivity index (χ0n) is 10.7. The highest BCUT2D eigenvalue weighted by Crippen LogP contribution is 2.12. The molecule has 8 nitrogen and oxygen atoms in total. The van der Waals surface area contributed by atoms with Gasteiger partial charge in [-0.3, -0.25) is 4.79 Å². The van der Waals surface area contributed by atoms with Crippen LogP contribution in [0.2, 0.25) is 0 Å². The quantitative estimate of drug-likeness (QED) is 0.620. The number of aromatic amines is 1. The fourth-order valence-corrected chi connectivity index (χ4v) is 1.75. The van der Waals surface area contributed by atoms with Crippen molar-refractivity contribution in [2.24, 2.45) is 0 Å². The summed E-state index contributed by atoms with van der Waals surface area (Å²) in [7, 11) is 0. The zero-order valence-corrected chi connectivity index (χ0v) is 10.7. The number of carbonyl (C=O) groups is 1. The van der Waals surface area contributed by atoms with Crippen molar-refractivity contribution in [1.29, 1.82) is 0 Å². The van der Waals surface area contributed by atoms with Crippen molar-refractivity contribution < 1.29 is 14.4 Å². The minimum absolute atomic E-state index is 0.0243. The summed E-state index contributed by atoms with van der Waals surface area (Å²) >= 11 is 0. The van der Waals surface area contributed by atoms with E-state index in [1.807, 2.05) is 0 Å². The van der Waals surface area contributed by atoms with Crippen LogP contribution in [0, 0.1) is 6.92 Å². The van der Waals surface area contributed by atoms with Gasteiger partial charge in [0.15, 0.2) is 0 Å². The van der Waals surface area contributed by atoms with Gasteiger partial charge in [-0.1, -0.05) is 0 Å². The van der Waals surface area contributed by atoms with E-state index in [0.717, 1.165) is 0 Å². The molecule has 0 spiro atoms. The largest absolute Gasteiger partial charge is 0.480 e. The van der Waals surface area contributed by atoms with Gasteiger partial charge in [-0.05, 0) is 13.0 Å². The second-order valence-corrected chi connectivity index (χ2v) is 4.28. The summed E-state index contributed by atoms with van der Waals surface area (Å²) in [6, 6.07) is 2.09. The number of H-pyrrole nitrogens is 1. The Balaban J connectivity index is 2.20. The number of nitrogens with two attached hydrogens (primary N) is 1. The molecule has 0 bridgehead atoms. The van der Waals surface area contributed by atoms with E-state index < -0.39 is 17.6 Å². The van der Waals surface area contributed by atoms with Gasteiger partial charge in [0.05, 0.1) is 5.56 Å². The van der Waals surface area contributed by atoms with Crippen LogP contribution in [0.4, 0.5) is 11.5 Å². The van der Waals surface area contributed by atoms with Crippen LogP contribution in [0.3, 0.4) is 0 Å². The summed E-state index contributed by atoms with van der Waals surface area (Å²) in [5, 5.41) is 14.1. The Morgan fingerprint density at radius 2 is 2.40 bits per heavy atom. The number of anilines is 2. The molecule has 2 aromatic rings. The first-order valence-electron chi connectivity index (χ1n) is 5.85. The van der Waals surface area contributed by atoms with E-state index >= 15 is 0 Å². The number of pyridine rings is 1. The normalized spacial score (nSPS) is 12.1. The molecular formula is C12H14N4O4. The van der Waals surface area contributed by atoms with Crippen LogP contribution in [-0.4, -0.2) is 27.3 Å². The third kappa shape index (κ3) is 2.97. The highest BCUT2D eigenvalue weighted by atomic mass is 16.5. The maximum atomic E-state index is 11.5. The minimum Gasteiger partial charge on any atom is -0.480 e. The Hall–Kier alpha value is -2.77. The van der Waals surface area contributed by atoms with E-state index in [1.165, 1.54) is 12.3 Å². The van der Waals surface area contributed by atoms with Crippen LogP contribution in [0.5, 0.6) is 0 Å². The third-order valence-electron chi connectivity index (χ3n) is 2.81. The number of nitrogen functional groups attached to an aromatic ring is 1. The number of nitrogens with zero attached hydrogens (tertiary/aromatic N) is 1. The Labute approximate surface area is 113 Å². The number of hydrogen-bond acceptors (Lipinski definition) is 6. The molecule has 0 aliphatic heterocycles. The second-order valence-electron chi connectivity index (χ2n) is 4.28. The molecule has 1 atom stereocenters. The van der Waals surface area contributed by atoms with E-state index in [4.69, 9.17) is 10.3 Å². The molecule has 0 aliphatic rings. The van der Waals surface area contributed by atoms with Gasteiger partial charge in [0, 0.05) is 24.4 Å². The Morgan fingerprint density at radius 3 is 2.95 bits per heavy atom. The van der Waals surface area contributed by atoms with Gasteiger partial charge in [0.2, 0.25) is 0 Å². The van der Waals surface area contributed by atoms with E-state index in [2.05, 4.69) is 15.5 Å². The van der Waals surface area contributed by atoms with Crippen LogP contribution in [-0.2, 0) is 11.2 Å². The molecule has 0 aromatic carbocycles. The molecule has 2 aromatic heterocycles. The number of carboxylic acid groups (broad SMARTS) is 1. The molecule has 1 unspecified atom stereocenters. The Kier molecular flexibility index (Phi) is 3.74. The number of aryl methyl sites for hydroxylation is 1. The van der Waals surface area contributed by atoms with Gasteiger partial charge >= 0.3 is 5.97 Å². The number of carboxylic acids is 1. The molecule has 2 heterocycles. The van der Waals surface area contributed by atoms with E-state index in [1.54, 1.807) is 13.0 Å². The maximum Gasteiger partial charge on any atom is 0.326 e. The molecule has 0 radical (unpaired) electrons. The zero-order chi connectivity index (χ0) is 14.7. The molecule has 0 aliphatic carbocycles. The molecule has 5 N–H and O–H groups in total. The lowest BCUT2D eigenvalue weighted by Gasteiger charge is -2.14. The first-order valence-corrected chi connectivity index (χ1v) is 5.85. The lowest BCUT2D eigenvalue weighted by atomic mass is 10.1. The molecule has 8 heteroatoms. The molecule has 0 saturated carbocycles. The SMILES string of the molecule is Cc1o[nH]c(=O)c1CC(Nc1cc(N)ccn1)C(=O)O. The summed E-state index contributed by atoms with van der Waals surface area (Å²) in [6.07, 6.45) is 1.44. The van der Waals surface area contributed by atoms with Crippen LogP contribution < -0.4 is 16.6 Å². The first-order chi connectivity index (χ1) is 9.47. The number of nitrogens with one attached hydrogen (secondary N) is 2. The van der Waals surface area contributed by atoms with E-state index in [9.17, 15) is 14.7 Å². The predicted octanol–water partition coefficient (Wildman–Crippen LogP) is 0.361. The molecule has 106 valence electrons. The molecule has 20 heavy (non-hydrogen) atoms. The van der Waals surface area contributed by atoms with Crippen molar-refractivity contribution in [2.45, 2.75) is 19.4 Å². The van der Waals surface area contributed by atoms with Crippen LogP contribution >= 0.6 is 0 Å². The number of aromatic nitrogens is 2. The molecular weight excluding hydrogens is 264 g/mol. The fraction of sp³-hybridized carbons (Fsp3) is 0.250. The number of rotatable bonds is 5. The average molecular weight is 278 g/mol. The van der Waals surface area contributed by atoms with E-state index in [0.29, 0.717) is 17.3 Å². The highest BCUT2D eigenvalue weighted by molar-refractivity contribution is 5.77. The van der Waals surface area contributed by atoms with Crippen molar-refractivity contribution in [2.75, 3.05) is 11.1 Å². The summed E-state index contributed by atoms with van der Waals surface area (Å²) in [4.78, 5) is 26.7. The van der Waals surface area contributed by atoms with Gasteiger partial charge in [-0.25, -0.2) is 9.78 Å². The highest BCUT2D eigenvalue weighted by Gasteiger charge is 2.22. The van der Waals surface area contributed by atoms with Crippen molar-refractivity contribution in [3.63, 3.8) is 0 Å². The van der Waals surface area contributed by atoms with Gasteiger partial charge in [-0.15, -0.1) is 0 Å². The molecule has 0 amide bonds. The molecule has 2 rings (SSSR count). The predicted molar refractivity (Wildman–Crippen MR) is 71.5 cm³/mol. The van der Waals surface area contributed by atoms with Crippen molar-refractivity contribution in [1.82, 2.24) is 10.1 Å². The smallest absolute Gasteiger partial charge is 0.326 e. The monoisotopic (exact) mass is 278 g/mol. The molecule has 0 saturated heterocycles. The van der Waals surface area contributed by atoms with Crippen LogP contribution in [0.1, 0.15) is 11.3 Å². The first kappa shape index (κ1) is 13.7. The Bertz CT molecular complexity index is 676. The summed E-state index contributed by atoms with van der Waals surface area (Å²) in [5.74, 6) is -0.409. The Morgan fingerprint density at radius 1 is 1.65 bits per heavy atom. The van der Waals surface area contributed by atoms with Gasteiger partial charge in [0.1, 0.15) is 17.6 Å². The van der Waals surface area contributed by atoms with Crippen LogP contribution in [0.25, 0.3) is 0 Å².